The van der Waals surface area contributed by atoms with E-state index in [0.29, 0.717) is 16.3 Å². The first-order chi connectivity index (χ1) is 14.9. The van der Waals surface area contributed by atoms with Gasteiger partial charge in [0, 0.05) is 36.9 Å². The second-order valence-corrected chi connectivity index (χ2v) is 9.61. The molecule has 2 N–H and O–H groups in total. The number of benzene rings is 3. The lowest BCUT2D eigenvalue weighted by atomic mass is 10.1. The van der Waals surface area contributed by atoms with Crippen molar-refractivity contribution in [3.8, 4) is 11.3 Å². The fraction of sp³-hybridized carbons (Fsp3) is 0.0833. The number of nitrogens with zero attached hydrogens (tertiary/aromatic N) is 1. The summed E-state index contributed by atoms with van der Waals surface area (Å²) in [5.41, 5.74) is 5.21. The Kier molecular flexibility index (Phi) is 6.41. The Morgan fingerprint density at radius 1 is 1.03 bits per heavy atom. The van der Waals surface area contributed by atoms with Crippen LogP contribution in [0.15, 0.2) is 71.2 Å². The van der Waals surface area contributed by atoms with Gasteiger partial charge in [-0.1, -0.05) is 51.8 Å². The van der Waals surface area contributed by atoms with Crippen LogP contribution in [-0.4, -0.2) is 10.9 Å². The summed E-state index contributed by atoms with van der Waals surface area (Å²) in [6.45, 7) is 4.07. The number of hydrogen-bond donors (Lipinski definition) is 2. The van der Waals surface area contributed by atoms with E-state index in [2.05, 4.69) is 26.6 Å². The highest BCUT2D eigenvalue weighted by Crippen LogP contribution is 2.33. The first-order valence-electron chi connectivity index (χ1n) is 9.57. The molecule has 0 aliphatic heterocycles. The Morgan fingerprint density at radius 2 is 1.81 bits per heavy atom. The zero-order valence-corrected chi connectivity index (χ0v) is 20.0. The normalized spacial score (nSPS) is 10.7. The van der Waals surface area contributed by atoms with Gasteiger partial charge >= 0.3 is 0 Å². The summed E-state index contributed by atoms with van der Waals surface area (Å²) >= 11 is 11.0. The SMILES string of the molecule is Cc1ccc(NC(=O)c2cccc(Br)c2)cc1Nc1nc(-c2ccc(Cl)cc2)c(C)s1. The number of aromatic nitrogens is 1. The Balaban J connectivity index is 1.55. The van der Waals surface area contributed by atoms with Crippen LogP contribution < -0.4 is 10.6 Å². The Morgan fingerprint density at radius 3 is 2.55 bits per heavy atom. The highest BCUT2D eigenvalue weighted by atomic mass is 79.9. The molecule has 0 aliphatic rings. The number of carbonyl (C=O) groups is 1. The van der Waals surface area contributed by atoms with E-state index < -0.39 is 0 Å². The molecule has 4 nitrogen and oxygen atoms in total. The van der Waals surface area contributed by atoms with Crippen LogP contribution in [0.1, 0.15) is 20.8 Å². The molecule has 156 valence electrons. The highest BCUT2D eigenvalue weighted by molar-refractivity contribution is 9.10. The standard InChI is InChI=1S/C24H19BrClN3OS/c1-14-6-11-20(27-23(30)17-4-3-5-18(25)12-17)13-21(14)28-24-29-22(15(2)31-24)16-7-9-19(26)10-8-16/h3-13H,1-2H3,(H,27,30)(H,28,29). The van der Waals surface area contributed by atoms with Crippen molar-refractivity contribution in [3.05, 3.63) is 92.2 Å². The van der Waals surface area contributed by atoms with Crippen LogP contribution in [0.25, 0.3) is 11.3 Å². The maximum atomic E-state index is 12.6. The van der Waals surface area contributed by atoms with Crippen LogP contribution in [0.2, 0.25) is 5.02 Å². The van der Waals surface area contributed by atoms with Gasteiger partial charge in [0.05, 0.1) is 5.69 Å². The van der Waals surface area contributed by atoms with E-state index in [4.69, 9.17) is 16.6 Å². The molecular weight excluding hydrogens is 494 g/mol. The van der Waals surface area contributed by atoms with Crippen LogP contribution in [0.4, 0.5) is 16.5 Å². The van der Waals surface area contributed by atoms with Crippen LogP contribution in [-0.2, 0) is 0 Å². The third-order valence-corrected chi connectivity index (χ3v) is 6.37. The topological polar surface area (TPSA) is 54.0 Å². The van der Waals surface area contributed by atoms with Crippen LogP contribution in [0.3, 0.4) is 0 Å². The Labute approximate surface area is 198 Å². The van der Waals surface area contributed by atoms with Crippen molar-refractivity contribution < 1.29 is 4.79 Å². The molecule has 31 heavy (non-hydrogen) atoms. The number of carbonyl (C=O) groups excluding carboxylic acids is 1. The summed E-state index contributed by atoms with van der Waals surface area (Å²) in [5, 5.41) is 7.85. The molecule has 0 saturated heterocycles. The lowest BCUT2D eigenvalue weighted by Gasteiger charge is -2.11. The number of halogens is 2. The predicted molar refractivity (Wildman–Crippen MR) is 134 cm³/mol. The number of amides is 1. The van der Waals surface area contributed by atoms with E-state index in [-0.39, 0.29) is 5.91 Å². The second kappa shape index (κ2) is 9.22. The van der Waals surface area contributed by atoms with E-state index in [9.17, 15) is 4.79 Å². The molecule has 1 heterocycles. The van der Waals surface area contributed by atoms with Gasteiger partial charge in [0.15, 0.2) is 5.13 Å². The van der Waals surface area contributed by atoms with Gasteiger partial charge in [-0.25, -0.2) is 4.98 Å². The van der Waals surface area contributed by atoms with Gasteiger partial charge in [0.1, 0.15) is 0 Å². The lowest BCUT2D eigenvalue weighted by Crippen LogP contribution is -2.12. The van der Waals surface area contributed by atoms with Gasteiger partial charge in [-0.05, 0) is 61.9 Å². The largest absolute Gasteiger partial charge is 0.331 e. The fourth-order valence-corrected chi connectivity index (χ4v) is 4.48. The average Bonchev–Trinajstić information content (AvgIpc) is 3.11. The van der Waals surface area contributed by atoms with Crippen LogP contribution in [0, 0.1) is 13.8 Å². The zero-order chi connectivity index (χ0) is 22.0. The molecule has 4 rings (SSSR count). The number of thiazole rings is 1. The van der Waals surface area contributed by atoms with Crippen molar-refractivity contribution in [2.24, 2.45) is 0 Å². The van der Waals surface area contributed by atoms with E-state index in [0.717, 1.165) is 37.0 Å². The van der Waals surface area contributed by atoms with Crippen molar-refractivity contribution in [1.82, 2.24) is 4.98 Å². The molecule has 0 aliphatic carbocycles. The third-order valence-electron chi connectivity index (χ3n) is 4.74. The minimum absolute atomic E-state index is 0.161. The van der Waals surface area contributed by atoms with Crippen molar-refractivity contribution in [3.63, 3.8) is 0 Å². The lowest BCUT2D eigenvalue weighted by molar-refractivity contribution is 0.102. The molecule has 0 saturated carbocycles. The van der Waals surface area contributed by atoms with E-state index in [1.807, 2.05) is 68.4 Å². The van der Waals surface area contributed by atoms with Gasteiger partial charge in [0.2, 0.25) is 0 Å². The minimum atomic E-state index is -0.161. The molecule has 1 amide bonds. The smallest absolute Gasteiger partial charge is 0.255 e. The van der Waals surface area contributed by atoms with E-state index >= 15 is 0 Å². The first-order valence-corrected chi connectivity index (χ1v) is 11.6. The number of aryl methyl sites for hydroxylation is 2. The number of nitrogens with one attached hydrogen (secondary N) is 2. The third kappa shape index (κ3) is 5.15. The zero-order valence-electron chi connectivity index (χ0n) is 16.9. The molecule has 0 unspecified atom stereocenters. The molecule has 0 radical (unpaired) electrons. The van der Waals surface area contributed by atoms with Crippen LogP contribution in [0.5, 0.6) is 0 Å². The molecule has 0 atom stereocenters. The monoisotopic (exact) mass is 511 g/mol. The first kappa shape index (κ1) is 21.6. The second-order valence-electron chi connectivity index (χ2n) is 7.05. The van der Waals surface area contributed by atoms with Gasteiger partial charge in [-0.2, -0.15) is 0 Å². The summed E-state index contributed by atoms with van der Waals surface area (Å²) in [6, 6.07) is 20.8. The Bertz CT molecular complexity index is 1250. The number of hydrogen-bond acceptors (Lipinski definition) is 4. The predicted octanol–water partition coefficient (Wildman–Crippen LogP) is 7.84. The summed E-state index contributed by atoms with van der Waals surface area (Å²) in [5.74, 6) is -0.161. The van der Waals surface area contributed by atoms with Crippen LogP contribution >= 0.6 is 38.9 Å². The maximum absolute atomic E-state index is 12.6. The summed E-state index contributed by atoms with van der Waals surface area (Å²) < 4.78 is 0.863. The maximum Gasteiger partial charge on any atom is 0.255 e. The van der Waals surface area contributed by atoms with E-state index in [1.54, 1.807) is 23.5 Å². The van der Waals surface area contributed by atoms with Crippen molar-refractivity contribution >= 4 is 61.3 Å². The van der Waals surface area contributed by atoms with E-state index in [1.165, 1.54) is 0 Å². The van der Waals surface area contributed by atoms with Gasteiger partial charge in [0.25, 0.3) is 5.91 Å². The Hall–Kier alpha value is -2.67. The van der Waals surface area contributed by atoms with Crippen molar-refractivity contribution in [1.29, 1.82) is 0 Å². The fourth-order valence-electron chi connectivity index (χ4n) is 3.11. The summed E-state index contributed by atoms with van der Waals surface area (Å²) in [6.07, 6.45) is 0. The summed E-state index contributed by atoms with van der Waals surface area (Å²) in [4.78, 5) is 18.5. The molecule has 0 bridgehead atoms. The van der Waals surface area contributed by atoms with Crippen molar-refractivity contribution in [2.75, 3.05) is 10.6 Å². The summed E-state index contributed by atoms with van der Waals surface area (Å²) in [7, 11) is 0. The van der Waals surface area contributed by atoms with Gasteiger partial charge in [-0.3, -0.25) is 4.79 Å². The highest BCUT2D eigenvalue weighted by Gasteiger charge is 2.12. The quantitative estimate of drug-likeness (QED) is 0.286. The molecule has 3 aromatic carbocycles. The molecule has 0 fully saturated rings. The van der Waals surface area contributed by atoms with Gasteiger partial charge < -0.3 is 10.6 Å². The molecular formula is C24H19BrClN3OS. The molecule has 7 heteroatoms. The molecule has 0 spiro atoms. The number of anilines is 3. The van der Waals surface area contributed by atoms with Gasteiger partial charge in [-0.15, -0.1) is 11.3 Å². The average molecular weight is 513 g/mol. The molecule has 1 aromatic heterocycles. The minimum Gasteiger partial charge on any atom is -0.331 e. The molecule has 4 aromatic rings. The number of rotatable bonds is 5. The van der Waals surface area contributed by atoms with Crippen molar-refractivity contribution in [2.45, 2.75) is 13.8 Å².